The minimum Gasteiger partial charge on any atom is -0.306 e. The number of aryl methyl sites for hydroxylation is 1. The van der Waals surface area contributed by atoms with E-state index >= 15 is 0 Å². The quantitative estimate of drug-likeness (QED) is 0.769. The molecule has 0 spiro atoms. The molecule has 0 bridgehead atoms. The van der Waals surface area contributed by atoms with E-state index in [-0.39, 0.29) is 5.82 Å². The van der Waals surface area contributed by atoms with Crippen LogP contribution in [0.15, 0.2) is 30.4 Å². The summed E-state index contributed by atoms with van der Waals surface area (Å²) in [6, 6.07) is 5.42. The van der Waals surface area contributed by atoms with Crippen molar-refractivity contribution in [1.29, 1.82) is 0 Å². The Morgan fingerprint density at radius 3 is 3.06 bits per heavy atom. The van der Waals surface area contributed by atoms with Crippen molar-refractivity contribution in [2.45, 2.75) is 38.8 Å². The summed E-state index contributed by atoms with van der Waals surface area (Å²) in [5, 5.41) is 3.45. The average Bonchev–Trinajstić information content (AvgIpc) is 2.32. The Labute approximate surface area is 96.4 Å². The fourth-order valence-electron chi connectivity index (χ4n) is 2.05. The molecule has 0 aromatic heterocycles. The molecule has 0 amide bonds. The summed E-state index contributed by atoms with van der Waals surface area (Å²) in [4.78, 5) is 0. The molecular formula is C14H18FN. The van der Waals surface area contributed by atoms with Crippen LogP contribution in [0.1, 0.15) is 30.4 Å². The Morgan fingerprint density at radius 2 is 2.31 bits per heavy atom. The van der Waals surface area contributed by atoms with Gasteiger partial charge < -0.3 is 5.32 Å². The first-order chi connectivity index (χ1) is 7.75. The third-order valence-corrected chi connectivity index (χ3v) is 3.12. The predicted molar refractivity (Wildman–Crippen MR) is 64.8 cm³/mol. The minimum absolute atomic E-state index is 0.151. The van der Waals surface area contributed by atoms with Crippen LogP contribution in [0.2, 0.25) is 0 Å². The molecular weight excluding hydrogens is 201 g/mol. The molecule has 1 aromatic carbocycles. The molecule has 2 rings (SSSR count). The summed E-state index contributed by atoms with van der Waals surface area (Å²) in [6.45, 7) is 2.77. The SMILES string of the molecule is Cc1ccc(F)cc1CNC1C=CCCC1. The number of allylic oxidation sites excluding steroid dienone is 1. The van der Waals surface area contributed by atoms with E-state index in [1.165, 1.54) is 25.3 Å². The monoisotopic (exact) mass is 219 g/mol. The van der Waals surface area contributed by atoms with E-state index in [1.54, 1.807) is 6.07 Å². The molecule has 86 valence electrons. The average molecular weight is 219 g/mol. The molecule has 2 heteroatoms. The molecule has 0 aliphatic heterocycles. The van der Waals surface area contributed by atoms with Gasteiger partial charge in [0.05, 0.1) is 0 Å². The van der Waals surface area contributed by atoms with E-state index in [2.05, 4.69) is 17.5 Å². The summed E-state index contributed by atoms with van der Waals surface area (Å²) < 4.78 is 13.1. The Kier molecular flexibility index (Phi) is 3.73. The second kappa shape index (κ2) is 5.26. The molecule has 1 aliphatic carbocycles. The molecule has 1 atom stereocenters. The molecule has 0 heterocycles. The fraction of sp³-hybridized carbons (Fsp3) is 0.429. The van der Waals surface area contributed by atoms with Gasteiger partial charge in [-0.2, -0.15) is 0 Å². The third-order valence-electron chi connectivity index (χ3n) is 3.12. The second-order valence-electron chi connectivity index (χ2n) is 4.42. The molecule has 1 nitrogen and oxygen atoms in total. The van der Waals surface area contributed by atoms with Crippen molar-refractivity contribution >= 4 is 0 Å². The summed E-state index contributed by atoms with van der Waals surface area (Å²) in [6.07, 6.45) is 8.07. The molecule has 0 fully saturated rings. The van der Waals surface area contributed by atoms with Gasteiger partial charge in [-0.3, -0.25) is 0 Å². The van der Waals surface area contributed by atoms with Gasteiger partial charge in [-0.05, 0) is 49.4 Å². The molecule has 0 saturated carbocycles. The lowest BCUT2D eigenvalue weighted by Crippen LogP contribution is -2.28. The number of benzene rings is 1. The van der Waals surface area contributed by atoms with Crippen LogP contribution in [-0.2, 0) is 6.54 Å². The van der Waals surface area contributed by atoms with Gasteiger partial charge in [0.1, 0.15) is 5.82 Å². The van der Waals surface area contributed by atoms with Gasteiger partial charge in [0.25, 0.3) is 0 Å². The van der Waals surface area contributed by atoms with Crippen molar-refractivity contribution in [3.8, 4) is 0 Å². The Hall–Kier alpha value is -1.15. The van der Waals surface area contributed by atoms with Crippen LogP contribution >= 0.6 is 0 Å². The lowest BCUT2D eigenvalue weighted by atomic mass is 10.0. The zero-order chi connectivity index (χ0) is 11.4. The number of nitrogens with one attached hydrogen (secondary N) is 1. The largest absolute Gasteiger partial charge is 0.306 e. The molecule has 1 unspecified atom stereocenters. The summed E-state index contributed by atoms with van der Waals surface area (Å²) >= 11 is 0. The van der Waals surface area contributed by atoms with Gasteiger partial charge in [0, 0.05) is 12.6 Å². The van der Waals surface area contributed by atoms with Crippen LogP contribution in [-0.4, -0.2) is 6.04 Å². The third kappa shape index (κ3) is 2.92. The van der Waals surface area contributed by atoms with E-state index in [1.807, 2.05) is 13.0 Å². The van der Waals surface area contributed by atoms with E-state index in [4.69, 9.17) is 0 Å². The van der Waals surface area contributed by atoms with Gasteiger partial charge in [-0.1, -0.05) is 18.2 Å². The second-order valence-corrected chi connectivity index (χ2v) is 4.42. The Bertz CT molecular complexity index is 384. The number of hydrogen-bond acceptors (Lipinski definition) is 1. The zero-order valence-corrected chi connectivity index (χ0v) is 9.67. The fourth-order valence-corrected chi connectivity index (χ4v) is 2.05. The van der Waals surface area contributed by atoms with Crippen molar-refractivity contribution < 1.29 is 4.39 Å². The van der Waals surface area contributed by atoms with E-state index in [0.717, 1.165) is 17.7 Å². The van der Waals surface area contributed by atoms with Crippen molar-refractivity contribution in [3.05, 3.63) is 47.3 Å². The van der Waals surface area contributed by atoms with Crippen LogP contribution in [0.4, 0.5) is 4.39 Å². The highest BCUT2D eigenvalue weighted by atomic mass is 19.1. The maximum atomic E-state index is 13.1. The molecule has 1 aliphatic rings. The lowest BCUT2D eigenvalue weighted by Gasteiger charge is -2.18. The molecule has 16 heavy (non-hydrogen) atoms. The molecule has 1 aromatic rings. The van der Waals surface area contributed by atoms with E-state index < -0.39 is 0 Å². The van der Waals surface area contributed by atoms with Gasteiger partial charge in [-0.25, -0.2) is 4.39 Å². The van der Waals surface area contributed by atoms with Gasteiger partial charge in [0.2, 0.25) is 0 Å². The highest BCUT2D eigenvalue weighted by Crippen LogP contribution is 2.13. The van der Waals surface area contributed by atoms with E-state index in [9.17, 15) is 4.39 Å². The van der Waals surface area contributed by atoms with Gasteiger partial charge >= 0.3 is 0 Å². The molecule has 1 N–H and O–H groups in total. The first-order valence-electron chi connectivity index (χ1n) is 5.91. The summed E-state index contributed by atoms with van der Waals surface area (Å²) in [5.74, 6) is -0.151. The van der Waals surface area contributed by atoms with Crippen molar-refractivity contribution in [2.24, 2.45) is 0 Å². The number of rotatable bonds is 3. The smallest absolute Gasteiger partial charge is 0.123 e. The highest BCUT2D eigenvalue weighted by molar-refractivity contribution is 5.26. The maximum absolute atomic E-state index is 13.1. The highest BCUT2D eigenvalue weighted by Gasteiger charge is 2.08. The van der Waals surface area contributed by atoms with Crippen LogP contribution in [0.25, 0.3) is 0 Å². The number of hydrogen-bond donors (Lipinski definition) is 1. The lowest BCUT2D eigenvalue weighted by molar-refractivity contribution is 0.520. The first-order valence-corrected chi connectivity index (χ1v) is 5.91. The standard InChI is InChI=1S/C14H18FN/c1-11-7-8-13(15)9-12(11)10-16-14-5-3-2-4-6-14/h3,5,7-9,14,16H,2,4,6,10H2,1H3. The minimum atomic E-state index is -0.151. The van der Waals surface area contributed by atoms with Gasteiger partial charge in [0.15, 0.2) is 0 Å². The topological polar surface area (TPSA) is 12.0 Å². The number of halogens is 1. The van der Waals surface area contributed by atoms with Crippen molar-refractivity contribution in [2.75, 3.05) is 0 Å². The van der Waals surface area contributed by atoms with Crippen LogP contribution < -0.4 is 5.32 Å². The Morgan fingerprint density at radius 1 is 1.44 bits per heavy atom. The van der Waals surface area contributed by atoms with Gasteiger partial charge in [-0.15, -0.1) is 0 Å². The normalized spacial score (nSPS) is 20.0. The maximum Gasteiger partial charge on any atom is 0.123 e. The van der Waals surface area contributed by atoms with Crippen LogP contribution in [0.5, 0.6) is 0 Å². The predicted octanol–water partition coefficient (Wildman–Crippen LogP) is 3.33. The summed E-state index contributed by atoms with van der Waals surface area (Å²) in [5.41, 5.74) is 2.20. The van der Waals surface area contributed by atoms with Crippen molar-refractivity contribution in [3.63, 3.8) is 0 Å². The Balaban J connectivity index is 1.95. The zero-order valence-electron chi connectivity index (χ0n) is 9.67. The molecule has 0 saturated heterocycles. The van der Waals surface area contributed by atoms with Crippen LogP contribution in [0.3, 0.4) is 0 Å². The van der Waals surface area contributed by atoms with Crippen LogP contribution in [0, 0.1) is 12.7 Å². The molecule has 0 radical (unpaired) electrons. The van der Waals surface area contributed by atoms with E-state index in [0.29, 0.717) is 6.04 Å². The summed E-state index contributed by atoms with van der Waals surface area (Å²) in [7, 11) is 0. The first kappa shape index (κ1) is 11.3. The van der Waals surface area contributed by atoms with Crippen molar-refractivity contribution in [1.82, 2.24) is 5.32 Å².